The summed E-state index contributed by atoms with van der Waals surface area (Å²) in [6.45, 7) is 4.15. The fourth-order valence-electron chi connectivity index (χ4n) is 3.11. The summed E-state index contributed by atoms with van der Waals surface area (Å²) in [5.74, 6) is 1.88. The third-order valence-corrected chi connectivity index (χ3v) is 4.19. The van der Waals surface area contributed by atoms with Gasteiger partial charge in [-0.2, -0.15) is 0 Å². The van der Waals surface area contributed by atoms with Crippen LogP contribution < -0.4 is 0 Å². The molecule has 0 amide bonds. The van der Waals surface area contributed by atoms with Gasteiger partial charge in [0.25, 0.3) is 0 Å². The molecule has 0 unspecified atom stereocenters. The average molecular weight is 447 g/mol. The van der Waals surface area contributed by atoms with Gasteiger partial charge in [0.1, 0.15) is 0 Å². The summed E-state index contributed by atoms with van der Waals surface area (Å²) in [6, 6.07) is 23.5. The summed E-state index contributed by atoms with van der Waals surface area (Å²) < 4.78 is 5.77. The van der Waals surface area contributed by atoms with E-state index in [2.05, 4.69) is 61.5 Å². The number of hydrogen-bond donors (Lipinski definition) is 0. The predicted molar refractivity (Wildman–Crippen MR) is 104 cm³/mol. The Morgan fingerprint density at radius 2 is 1.64 bits per heavy atom. The Morgan fingerprint density at radius 3 is 2.28 bits per heavy atom. The molecule has 1 heterocycles. The van der Waals surface area contributed by atoms with Crippen LogP contribution in [0.4, 0.5) is 0 Å². The minimum absolute atomic E-state index is 0.826. The van der Waals surface area contributed by atoms with Crippen LogP contribution in [0.1, 0.15) is 11.3 Å². The van der Waals surface area contributed by atoms with Crippen molar-refractivity contribution in [2.24, 2.45) is 0 Å². The predicted octanol–water partition coefficient (Wildman–Crippen LogP) is 7.48. The van der Waals surface area contributed by atoms with E-state index < -0.39 is 20.8 Å². The zero-order chi connectivity index (χ0) is 17.8. The average Bonchev–Trinajstić information content (AvgIpc) is 3.22. The molecule has 0 atom stereocenters. The molecule has 1 aromatic heterocycles. The molecule has 0 spiro atoms. The Bertz CT molecular complexity index is 970. The molecule has 0 fully saturated rings. The van der Waals surface area contributed by atoms with Crippen molar-refractivity contribution in [1.29, 1.82) is 0 Å². The van der Waals surface area contributed by atoms with E-state index in [1.165, 1.54) is 27.5 Å². The van der Waals surface area contributed by atoms with Gasteiger partial charge in [-0.3, -0.25) is 0 Å². The first kappa shape index (κ1) is 18.6. The molecule has 3 aromatic carbocycles. The van der Waals surface area contributed by atoms with Crippen molar-refractivity contribution in [3.8, 4) is 22.5 Å². The monoisotopic (exact) mass is 445 g/mol. The number of halogens is 2. The van der Waals surface area contributed by atoms with Crippen LogP contribution in [0.2, 0.25) is 0 Å². The van der Waals surface area contributed by atoms with Crippen LogP contribution >= 0.6 is 17.0 Å². The number of hydrogen-bond acceptors (Lipinski definition) is 1. The molecule has 0 saturated carbocycles. The van der Waals surface area contributed by atoms with Gasteiger partial charge in [0.15, 0.2) is 0 Å². The molecule has 0 aliphatic rings. The third kappa shape index (κ3) is 4.14. The fraction of sp³-hybridized carbons (Fsp3) is 0.0952. The first-order valence-corrected chi connectivity index (χ1v) is 14.3. The number of aryl methyl sites for hydroxylation is 2. The van der Waals surface area contributed by atoms with Crippen LogP contribution in [0.3, 0.4) is 0 Å². The first-order valence-electron chi connectivity index (χ1n) is 7.92. The second-order valence-corrected chi connectivity index (χ2v) is 9.58. The van der Waals surface area contributed by atoms with E-state index in [1.807, 2.05) is 19.1 Å². The number of fused-ring (bicyclic) bond motifs is 1. The SMILES string of the molecule is Cc1ccc(-c2cc3c(-c4ccccc4)c(C)ccc3[cH-]2)o1.[Cl][Zr][Cl]. The molecule has 0 saturated heterocycles. The maximum atomic E-state index is 5.77. The van der Waals surface area contributed by atoms with Gasteiger partial charge in [-0.15, -0.1) is 29.0 Å². The molecule has 0 aliphatic heterocycles. The van der Waals surface area contributed by atoms with Gasteiger partial charge < -0.3 is 4.42 Å². The topological polar surface area (TPSA) is 13.1 Å². The van der Waals surface area contributed by atoms with Crippen molar-refractivity contribution >= 4 is 27.8 Å². The van der Waals surface area contributed by atoms with E-state index >= 15 is 0 Å². The molecule has 0 radical (unpaired) electrons. The van der Waals surface area contributed by atoms with Crippen LogP contribution in [-0.2, 0) is 20.8 Å². The number of furan rings is 1. The van der Waals surface area contributed by atoms with E-state index in [1.54, 1.807) is 0 Å². The maximum absolute atomic E-state index is 5.77. The second-order valence-electron chi connectivity index (χ2n) is 5.85. The zero-order valence-electron chi connectivity index (χ0n) is 14.0. The Morgan fingerprint density at radius 1 is 0.920 bits per heavy atom. The molecule has 0 aliphatic carbocycles. The van der Waals surface area contributed by atoms with E-state index in [-0.39, 0.29) is 0 Å². The van der Waals surface area contributed by atoms with E-state index in [9.17, 15) is 0 Å². The summed E-state index contributed by atoms with van der Waals surface area (Å²) in [5.41, 5.74) is 5.02. The Hall–Kier alpha value is -1.21. The molecular weight excluding hydrogens is 430 g/mol. The Labute approximate surface area is 166 Å². The molecule has 4 heteroatoms. The van der Waals surface area contributed by atoms with Gasteiger partial charge in [-0.05, 0) is 37.1 Å². The van der Waals surface area contributed by atoms with Gasteiger partial charge >= 0.3 is 37.9 Å². The van der Waals surface area contributed by atoms with Crippen molar-refractivity contribution in [2.75, 3.05) is 0 Å². The number of rotatable bonds is 2. The summed E-state index contributed by atoms with van der Waals surface area (Å²) in [5, 5.41) is 2.55. The summed E-state index contributed by atoms with van der Waals surface area (Å²) in [6.07, 6.45) is 0. The Kier molecular flexibility index (Phi) is 6.28. The summed E-state index contributed by atoms with van der Waals surface area (Å²) >= 11 is -0.826. The third-order valence-electron chi connectivity index (χ3n) is 4.19. The minimum atomic E-state index is -0.826. The van der Waals surface area contributed by atoms with E-state index in [0.29, 0.717) is 0 Å². The Balaban J connectivity index is 0.000000569. The van der Waals surface area contributed by atoms with E-state index in [4.69, 9.17) is 21.4 Å². The van der Waals surface area contributed by atoms with Gasteiger partial charge in [-0.25, -0.2) is 0 Å². The standard InChI is InChI=1S/C21H17O.2ClH.Zr/c1-14-8-10-17-12-18(20-11-9-15(2)22-20)13-19(17)21(14)16-6-4-3-5-7-16;;;/h3-13H,1-2H3;2*1H;/q-1;;;+2/p-2. The van der Waals surface area contributed by atoms with E-state index in [0.717, 1.165) is 17.1 Å². The van der Waals surface area contributed by atoms with Crippen LogP contribution in [0.15, 0.2) is 71.1 Å². The molecular formula is C21H17Cl2OZr-. The summed E-state index contributed by atoms with van der Waals surface area (Å²) in [7, 11) is 9.87. The fourth-order valence-corrected chi connectivity index (χ4v) is 3.11. The molecule has 0 N–H and O–H groups in total. The van der Waals surface area contributed by atoms with Gasteiger partial charge in [-0.1, -0.05) is 47.5 Å². The zero-order valence-corrected chi connectivity index (χ0v) is 18.0. The second kappa shape index (κ2) is 8.45. The van der Waals surface area contributed by atoms with Crippen LogP contribution in [0.25, 0.3) is 33.2 Å². The normalized spacial score (nSPS) is 10.4. The van der Waals surface area contributed by atoms with Crippen LogP contribution in [0, 0.1) is 13.8 Å². The molecule has 25 heavy (non-hydrogen) atoms. The van der Waals surface area contributed by atoms with Gasteiger partial charge in [0.05, 0.1) is 11.5 Å². The molecule has 4 rings (SSSR count). The molecule has 4 aromatic rings. The number of benzene rings is 2. The van der Waals surface area contributed by atoms with Crippen LogP contribution in [-0.4, -0.2) is 0 Å². The first-order chi connectivity index (χ1) is 12.1. The van der Waals surface area contributed by atoms with Crippen molar-refractivity contribution in [3.05, 3.63) is 78.1 Å². The quantitative estimate of drug-likeness (QED) is 0.290. The molecule has 0 bridgehead atoms. The van der Waals surface area contributed by atoms with Crippen molar-refractivity contribution in [1.82, 2.24) is 0 Å². The van der Waals surface area contributed by atoms with Crippen molar-refractivity contribution in [2.45, 2.75) is 13.8 Å². The molecule has 1 nitrogen and oxygen atoms in total. The summed E-state index contributed by atoms with van der Waals surface area (Å²) in [4.78, 5) is 0. The van der Waals surface area contributed by atoms with Crippen molar-refractivity contribution in [3.63, 3.8) is 0 Å². The van der Waals surface area contributed by atoms with Crippen molar-refractivity contribution < 1.29 is 25.3 Å². The molecule has 126 valence electrons. The van der Waals surface area contributed by atoms with Crippen LogP contribution in [0.5, 0.6) is 0 Å². The van der Waals surface area contributed by atoms with Gasteiger partial charge in [0, 0.05) is 0 Å². The van der Waals surface area contributed by atoms with Gasteiger partial charge in [0.2, 0.25) is 0 Å².